The molecule has 0 saturated carbocycles. The third-order valence-corrected chi connectivity index (χ3v) is 3.67. The highest BCUT2D eigenvalue weighted by atomic mass is 15.4. The van der Waals surface area contributed by atoms with E-state index in [1.807, 2.05) is 16.8 Å². The van der Waals surface area contributed by atoms with Crippen LogP contribution in [0.25, 0.3) is 16.9 Å². The molecule has 1 aromatic carbocycles. The number of hydrogen-bond donors (Lipinski definition) is 1. The molecule has 5 nitrogen and oxygen atoms in total. The van der Waals surface area contributed by atoms with Crippen LogP contribution in [-0.4, -0.2) is 20.0 Å². The van der Waals surface area contributed by atoms with Gasteiger partial charge in [0.15, 0.2) is 0 Å². The SMILES string of the molecule is CC(C)c1ccc(-n2nnc(CN)c2-c2cccnc2)cc1. The van der Waals surface area contributed by atoms with Crippen LogP contribution >= 0.6 is 0 Å². The Labute approximate surface area is 129 Å². The van der Waals surface area contributed by atoms with Gasteiger partial charge in [-0.15, -0.1) is 5.10 Å². The predicted molar refractivity (Wildman–Crippen MR) is 86.6 cm³/mol. The molecule has 0 bridgehead atoms. The zero-order valence-electron chi connectivity index (χ0n) is 12.8. The first-order chi connectivity index (χ1) is 10.7. The van der Waals surface area contributed by atoms with Gasteiger partial charge in [-0.25, -0.2) is 4.68 Å². The molecule has 3 rings (SSSR count). The Kier molecular flexibility index (Phi) is 3.98. The van der Waals surface area contributed by atoms with Crippen LogP contribution in [0.3, 0.4) is 0 Å². The van der Waals surface area contributed by atoms with E-state index in [9.17, 15) is 0 Å². The number of rotatable bonds is 4. The minimum Gasteiger partial charge on any atom is -0.325 e. The molecule has 0 amide bonds. The molecule has 112 valence electrons. The number of benzene rings is 1. The Morgan fingerprint density at radius 3 is 2.50 bits per heavy atom. The standard InChI is InChI=1S/C17H19N5/c1-12(2)13-5-7-15(8-6-13)22-17(16(10-18)20-21-22)14-4-3-9-19-11-14/h3-9,11-12H,10,18H2,1-2H3. The topological polar surface area (TPSA) is 69.6 Å². The molecular weight excluding hydrogens is 274 g/mol. The van der Waals surface area contributed by atoms with Crippen LogP contribution < -0.4 is 5.73 Å². The van der Waals surface area contributed by atoms with Crippen LogP contribution in [-0.2, 0) is 6.54 Å². The molecule has 2 aromatic heterocycles. The largest absolute Gasteiger partial charge is 0.325 e. The fourth-order valence-electron chi connectivity index (χ4n) is 2.42. The fourth-order valence-corrected chi connectivity index (χ4v) is 2.42. The molecule has 3 aromatic rings. The van der Waals surface area contributed by atoms with Crippen molar-refractivity contribution in [1.82, 2.24) is 20.0 Å². The molecule has 0 aliphatic rings. The van der Waals surface area contributed by atoms with E-state index in [4.69, 9.17) is 5.73 Å². The summed E-state index contributed by atoms with van der Waals surface area (Å²) in [7, 11) is 0. The minimum atomic E-state index is 0.342. The van der Waals surface area contributed by atoms with Gasteiger partial charge in [0, 0.05) is 24.5 Å². The lowest BCUT2D eigenvalue weighted by atomic mass is 10.0. The Morgan fingerprint density at radius 1 is 1.14 bits per heavy atom. The van der Waals surface area contributed by atoms with Crippen LogP contribution in [0, 0.1) is 0 Å². The summed E-state index contributed by atoms with van der Waals surface area (Å²) < 4.78 is 1.82. The van der Waals surface area contributed by atoms with Crippen LogP contribution in [0.2, 0.25) is 0 Å². The van der Waals surface area contributed by atoms with Gasteiger partial charge in [-0.2, -0.15) is 0 Å². The van der Waals surface area contributed by atoms with E-state index in [1.165, 1.54) is 5.56 Å². The molecule has 0 radical (unpaired) electrons. The molecule has 0 fully saturated rings. The smallest absolute Gasteiger partial charge is 0.105 e. The third kappa shape index (κ3) is 2.63. The van der Waals surface area contributed by atoms with Gasteiger partial charge in [-0.1, -0.05) is 31.2 Å². The molecule has 5 heteroatoms. The summed E-state index contributed by atoms with van der Waals surface area (Å²) in [4.78, 5) is 4.18. The number of hydrogen-bond acceptors (Lipinski definition) is 4. The van der Waals surface area contributed by atoms with Gasteiger partial charge >= 0.3 is 0 Å². The van der Waals surface area contributed by atoms with Crippen molar-refractivity contribution in [3.63, 3.8) is 0 Å². The number of nitrogens with zero attached hydrogens (tertiary/aromatic N) is 4. The monoisotopic (exact) mass is 293 g/mol. The Balaban J connectivity index is 2.10. The summed E-state index contributed by atoms with van der Waals surface area (Å²) in [6, 6.07) is 12.3. The van der Waals surface area contributed by atoms with E-state index in [0.717, 1.165) is 22.6 Å². The second kappa shape index (κ2) is 6.07. The van der Waals surface area contributed by atoms with Crippen molar-refractivity contribution < 1.29 is 0 Å². The van der Waals surface area contributed by atoms with Gasteiger partial charge in [0.25, 0.3) is 0 Å². The first kappa shape index (κ1) is 14.4. The van der Waals surface area contributed by atoms with Crippen LogP contribution in [0.15, 0.2) is 48.8 Å². The van der Waals surface area contributed by atoms with Crippen molar-refractivity contribution in [2.24, 2.45) is 5.73 Å². The summed E-state index contributed by atoms with van der Waals surface area (Å²) >= 11 is 0. The summed E-state index contributed by atoms with van der Waals surface area (Å²) in [5, 5.41) is 8.47. The molecule has 2 heterocycles. The Bertz CT molecular complexity index is 744. The van der Waals surface area contributed by atoms with Gasteiger partial charge in [0.2, 0.25) is 0 Å². The van der Waals surface area contributed by atoms with E-state index in [0.29, 0.717) is 12.5 Å². The molecule has 22 heavy (non-hydrogen) atoms. The zero-order chi connectivity index (χ0) is 15.5. The number of aromatic nitrogens is 4. The highest BCUT2D eigenvalue weighted by molar-refractivity contribution is 5.63. The minimum absolute atomic E-state index is 0.342. The van der Waals surface area contributed by atoms with Crippen LogP contribution in [0.1, 0.15) is 31.0 Å². The Hall–Kier alpha value is -2.53. The van der Waals surface area contributed by atoms with Crippen molar-refractivity contribution in [2.75, 3.05) is 0 Å². The normalized spacial score (nSPS) is 11.1. The fraction of sp³-hybridized carbons (Fsp3) is 0.235. The molecule has 0 atom stereocenters. The molecule has 0 aliphatic heterocycles. The molecule has 0 spiro atoms. The molecule has 0 unspecified atom stereocenters. The average Bonchev–Trinajstić information content (AvgIpc) is 2.99. The lowest BCUT2D eigenvalue weighted by molar-refractivity contribution is 0.797. The maximum atomic E-state index is 5.81. The van der Waals surface area contributed by atoms with Crippen LogP contribution in [0.5, 0.6) is 0 Å². The molecule has 2 N–H and O–H groups in total. The quantitative estimate of drug-likeness (QED) is 0.803. The second-order valence-electron chi connectivity index (χ2n) is 5.49. The average molecular weight is 293 g/mol. The lowest BCUT2D eigenvalue weighted by Crippen LogP contribution is -2.03. The highest BCUT2D eigenvalue weighted by Crippen LogP contribution is 2.25. The van der Waals surface area contributed by atoms with Gasteiger partial charge < -0.3 is 5.73 Å². The van der Waals surface area contributed by atoms with Crippen molar-refractivity contribution in [1.29, 1.82) is 0 Å². The lowest BCUT2D eigenvalue weighted by Gasteiger charge is -2.10. The van der Waals surface area contributed by atoms with Crippen molar-refractivity contribution in [3.8, 4) is 16.9 Å². The van der Waals surface area contributed by atoms with Crippen molar-refractivity contribution >= 4 is 0 Å². The molecular formula is C17H19N5. The zero-order valence-corrected chi connectivity index (χ0v) is 12.8. The highest BCUT2D eigenvalue weighted by Gasteiger charge is 2.15. The van der Waals surface area contributed by atoms with Gasteiger partial charge in [-0.05, 0) is 35.7 Å². The maximum Gasteiger partial charge on any atom is 0.105 e. The maximum absolute atomic E-state index is 5.81. The summed E-state index contributed by atoms with van der Waals surface area (Å²) in [5.41, 5.74) is 10.7. The molecule has 0 saturated heterocycles. The Morgan fingerprint density at radius 2 is 1.91 bits per heavy atom. The van der Waals surface area contributed by atoms with Crippen molar-refractivity contribution in [3.05, 3.63) is 60.0 Å². The molecule has 0 aliphatic carbocycles. The predicted octanol–water partition coefficient (Wildman–Crippen LogP) is 2.91. The number of nitrogens with two attached hydrogens (primary N) is 1. The van der Waals surface area contributed by atoms with Gasteiger partial charge in [-0.3, -0.25) is 4.98 Å². The van der Waals surface area contributed by atoms with Crippen molar-refractivity contribution in [2.45, 2.75) is 26.3 Å². The van der Waals surface area contributed by atoms with Gasteiger partial charge in [0.1, 0.15) is 11.4 Å². The second-order valence-corrected chi connectivity index (χ2v) is 5.49. The van der Waals surface area contributed by atoms with E-state index >= 15 is 0 Å². The third-order valence-electron chi connectivity index (χ3n) is 3.67. The summed E-state index contributed by atoms with van der Waals surface area (Å²) in [6.07, 6.45) is 3.55. The van der Waals surface area contributed by atoms with E-state index in [2.05, 4.69) is 53.4 Å². The van der Waals surface area contributed by atoms with Gasteiger partial charge in [0.05, 0.1) is 5.69 Å². The van der Waals surface area contributed by atoms with E-state index in [-0.39, 0.29) is 0 Å². The first-order valence-corrected chi connectivity index (χ1v) is 7.36. The number of pyridine rings is 1. The van der Waals surface area contributed by atoms with E-state index < -0.39 is 0 Å². The summed E-state index contributed by atoms with van der Waals surface area (Å²) in [5.74, 6) is 0.502. The van der Waals surface area contributed by atoms with E-state index in [1.54, 1.807) is 12.4 Å². The summed E-state index contributed by atoms with van der Waals surface area (Å²) in [6.45, 7) is 4.70. The first-order valence-electron chi connectivity index (χ1n) is 7.36. The van der Waals surface area contributed by atoms with Crippen LogP contribution in [0.4, 0.5) is 0 Å².